The first-order valence-corrected chi connectivity index (χ1v) is 9.10. The number of nitrogens with zero attached hydrogens (tertiary/aromatic N) is 3. The minimum absolute atomic E-state index is 0. The molecule has 0 saturated heterocycles. The topological polar surface area (TPSA) is 54.2 Å². The lowest BCUT2D eigenvalue weighted by molar-refractivity contribution is 0.627. The number of guanidine groups is 1. The number of para-hydroxylation sites is 1. The first kappa shape index (κ1) is 21.9. The Kier molecular flexibility index (Phi) is 8.93. The Labute approximate surface area is 182 Å². The zero-order chi connectivity index (χ0) is 18.9. The molecule has 5 nitrogen and oxygen atoms in total. The summed E-state index contributed by atoms with van der Waals surface area (Å²) in [7, 11) is 0. The van der Waals surface area contributed by atoms with Crippen molar-refractivity contribution in [1.29, 1.82) is 0 Å². The van der Waals surface area contributed by atoms with Crippen molar-refractivity contribution in [3.8, 4) is 5.69 Å². The van der Waals surface area contributed by atoms with Crippen molar-refractivity contribution in [2.24, 2.45) is 4.99 Å². The molecule has 0 saturated carbocycles. The quantitative estimate of drug-likeness (QED) is 0.298. The van der Waals surface area contributed by atoms with Gasteiger partial charge in [0.05, 0.1) is 18.4 Å². The Bertz CT molecular complexity index is 862. The summed E-state index contributed by atoms with van der Waals surface area (Å²) < 4.78 is 14.9. The molecule has 0 fully saturated rings. The van der Waals surface area contributed by atoms with Gasteiger partial charge in [0.15, 0.2) is 5.96 Å². The molecule has 1 heterocycles. The van der Waals surface area contributed by atoms with Crippen LogP contribution >= 0.6 is 24.0 Å². The van der Waals surface area contributed by atoms with E-state index in [2.05, 4.69) is 20.7 Å². The van der Waals surface area contributed by atoms with Gasteiger partial charge in [-0.3, -0.25) is 0 Å². The fraction of sp³-hybridized carbons (Fsp3) is 0.238. The van der Waals surface area contributed by atoms with Crippen molar-refractivity contribution in [2.45, 2.75) is 19.9 Å². The third-order valence-electron chi connectivity index (χ3n) is 4.04. The van der Waals surface area contributed by atoms with E-state index in [-0.39, 0.29) is 29.8 Å². The molecule has 28 heavy (non-hydrogen) atoms. The van der Waals surface area contributed by atoms with Crippen LogP contribution in [-0.2, 0) is 13.0 Å². The molecule has 0 radical (unpaired) electrons. The average molecular weight is 493 g/mol. The molecule has 0 aliphatic rings. The largest absolute Gasteiger partial charge is 0.357 e. The lowest BCUT2D eigenvalue weighted by atomic mass is 10.2. The van der Waals surface area contributed by atoms with E-state index in [1.54, 1.807) is 12.1 Å². The van der Waals surface area contributed by atoms with Gasteiger partial charge >= 0.3 is 0 Å². The summed E-state index contributed by atoms with van der Waals surface area (Å²) in [4.78, 5) is 4.55. The Morgan fingerprint density at radius 1 is 1.04 bits per heavy atom. The summed E-state index contributed by atoms with van der Waals surface area (Å²) in [5, 5.41) is 11.0. The molecular weight excluding hydrogens is 468 g/mol. The van der Waals surface area contributed by atoms with E-state index in [0.29, 0.717) is 6.54 Å². The summed E-state index contributed by atoms with van der Waals surface area (Å²) in [5.41, 5.74) is 3.17. The molecule has 2 N–H and O–H groups in total. The van der Waals surface area contributed by atoms with E-state index in [0.717, 1.165) is 42.3 Å². The van der Waals surface area contributed by atoms with Crippen LogP contribution in [0.4, 0.5) is 4.39 Å². The van der Waals surface area contributed by atoms with Gasteiger partial charge in [-0.05, 0) is 48.7 Å². The molecule has 1 aromatic heterocycles. The van der Waals surface area contributed by atoms with Gasteiger partial charge in [0.1, 0.15) is 5.82 Å². The molecule has 3 aromatic rings. The van der Waals surface area contributed by atoms with Crippen LogP contribution in [0.5, 0.6) is 0 Å². The average Bonchev–Trinajstić information content (AvgIpc) is 3.17. The van der Waals surface area contributed by atoms with Gasteiger partial charge in [-0.15, -0.1) is 24.0 Å². The van der Waals surface area contributed by atoms with Crippen LogP contribution in [-0.4, -0.2) is 28.8 Å². The predicted molar refractivity (Wildman–Crippen MR) is 122 cm³/mol. The highest BCUT2D eigenvalue weighted by molar-refractivity contribution is 14.0. The number of aromatic nitrogens is 2. The highest BCUT2D eigenvalue weighted by atomic mass is 127. The Morgan fingerprint density at radius 3 is 2.50 bits per heavy atom. The lowest BCUT2D eigenvalue weighted by Gasteiger charge is -2.10. The zero-order valence-corrected chi connectivity index (χ0v) is 18.1. The first-order chi connectivity index (χ1) is 13.2. The van der Waals surface area contributed by atoms with E-state index in [9.17, 15) is 4.39 Å². The number of rotatable bonds is 7. The van der Waals surface area contributed by atoms with Crippen LogP contribution in [0.1, 0.15) is 18.1 Å². The van der Waals surface area contributed by atoms with Gasteiger partial charge in [-0.25, -0.2) is 14.1 Å². The number of benzene rings is 2. The predicted octanol–water partition coefficient (Wildman–Crippen LogP) is 3.93. The second-order valence-electron chi connectivity index (χ2n) is 6.13. The van der Waals surface area contributed by atoms with E-state index < -0.39 is 0 Å². The molecule has 0 atom stereocenters. The van der Waals surface area contributed by atoms with Crippen molar-refractivity contribution in [3.05, 3.63) is 83.9 Å². The summed E-state index contributed by atoms with van der Waals surface area (Å²) >= 11 is 0. The number of aliphatic imine (C=N–C) groups is 1. The second kappa shape index (κ2) is 11.4. The highest BCUT2D eigenvalue weighted by Gasteiger charge is 2.02. The summed E-state index contributed by atoms with van der Waals surface area (Å²) in [6.07, 6.45) is 4.77. The normalized spacial score (nSPS) is 11.0. The standard InChI is InChI=1S/C21H24FN5.HI/c1-2-23-21(25-14-17-8-10-19(22)11-9-17)24-13-12-18-15-26-27(16-18)20-6-4-3-5-7-20;/h3-11,15-16H,2,12-14H2,1H3,(H2,23,24,25);1H. The smallest absolute Gasteiger partial charge is 0.191 e. The second-order valence-corrected chi connectivity index (χ2v) is 6.13. The van der Waals surface area contributed by atoms with Crippen LogP contribution in [0.25, 0.3) is 5.69 Å². The molecule has 0 unspecified atom stereocenters. The SMILES string of the molecule is CCNC(=NCc1ccc(F)cc1)NCCc1cnn(-c2ccccc2)c1.I. The highest BCUT2D eigenvalue weighted by Crippen LogP contribution is 2.08. The molecule has 7 heteroatoms. The molecule has 0 aliphatic carbocycles. The van der Waals surface area contributed by atoms with Crippen LogP contribution in [0, 0.1) is 5.82 Å². The number of hydrogen-bond acceptors (Lipinski definition) is 2. The van der Waals surface area contributed by atoms with E-state index >= 15 is 0 Å². The number of halogens is 2. The fourth-order valence-corrected chi connectivity index (χ4v) is 2.64. The van der Waals surface area contributed by atoms with Gasteiger partial charge in [0.2, 0.25) is 0 Å². The molecule has 0 spiro atoms. The number of nitrogens with one attached hydrogen (secondary N) is 2. The van der Waals surface area contributed by atoms with Crippen LogP contribution in [0.2, 0.25) is 0 Å². The summed E-state index contributed by atoms with van der Waals surface area (Å²) in [5.74, 6) is 0.515. The molecule has 148 valence electrons. The van der Waals surface area contributed by atoms with Crippen LogP contribution < -0.4 is 10.6 Å². The molecule has 2 aromatic carbocycles. The Balaban J connectivity index is 0.00000280. The minimum atomic E-state index is -0.233. The van der Waals surface area contributed by atoms with Crippen molar-refractivity contribution in [3.63, 3.8) is 0 Å². The molecule has 0 aliphatic heterocycles. The minimum Gasteiger partial charge on any atom is -0.357 e. The summed E-state index contributed by atoms with van der Waals surface area (Å²) in [6, 6.07) is 16.5. The third-order valence-corrected chi connectivity index (χ3v) is 4.04. The van der Waals surface area contributed by atoms with E-state index in [4.69, 9.17) is 0 Å². The molecule has 0 amide bonds. The fourth-order valence-electron chi connectivity index (χ4n) is 2.64. The molecule has 3 rings (SSSR count). The van der Waals surface area contributed by atoms with Gasteiger partial charge in [-0.1, -0.05) is 30.3 Å². The first-order valence-electron chi connectivity index (χ1n) is 9.10. The van der Waals surface area contributed by atoms with Gasteiger partial charge in [-0.2, -0.15) is 5.10 Å². The van der Waals surface area contributed by atoms with Crippen molar-refractivity contribution in [2.75, 3.05) is 13.1 Å². The monoisotopic (exact) mass is 493 g/mol. The number of hydrogen-bond donors (Lipinski definition) is 2. The molecule has 0 bridgehead atoms. The maximum atomic E-state index is 13.0. The van der Waals surface area contributed by atoms with Crippen molar-refractivity contribution in [1.82, 2.24) is 20.4 Å². The maximum absolute atomic E-state index is 13.0. The van der Waals surface area contributed by atoms with Crippen molar-refractivity contribution >= 4 is 29.9 Å². The van der Waals surface area contributed by atoms with E-state index in [1.807, 2.05) is 54.3 Å². The summed E-state index contributed by atoms with van der Waals surface area (Å²) in [6.45, 7) is 4.05. The van der Waals surface area contributed by atoms with Gasteiger partial charge in [0, 0.05) is 19.3 Å². The Hall–Kier alpha value is -2.42. The van der Waals surface area contributed by atoms with Crippen molar-refractivity contribution < 1.29 is 4.39 Å². The lowest BCUT2D eigenvalue weighted by Crippen LogP contribution is -2.38. The van der Waals surface area contributed by atoms with Crippen LogP contribution in [0.3, 0.4) is 0 Å². The zero-order valence-electron chi connectivity index (χ0n) is 15.8. The van der Waals surface area contributed by atoms with Crippen LogP contribution in [0.15, 0.2) is 72.0 Å². The van der Waals surface area contributed by atoms with E-state index in [1.165, 1.54) is 12.1 Å². The van der Waals surface area contributed by atoms with Gasteiger partial charge < -0.3 is 10.6 Å². The Morgan fingerprint density at radius 2 is 1.79 bits per heavy atom. The molecular formula is C21H25FIN5. The maximum Gasteiger partial charge on any atom is 0.191 e. The van der Waals surface area contributed by atoms with Gasteiger partial charge in [0.25, 0.3) is 0 Å². The third kappa shape index (κ3) is 6.63.